The summed E-state index contributed by atoms with van der Waals surface area (Å²) in [5.41, 5.74) is 0. The molecule has 0 aromatic carbocycles. The Hall–Kier alpha value is 0.283. The summed E-state index contributed by atoms with van der Waals surface area (Å²) in [5, 5.41) is 4.38. The van der Waals surface area contributed by atoms with Crippen LogP contribution in [0, 0.1) is 0 Å². The normalized spacial score (nSPS) is 14.5. The Morgan fingerprint density at radius 3 is 1.64 bits per heavy atom. The van der Waals surface area contributed by atoms with Crippen LogP contribution in [0.3, 0.4) is 0 Å². The van der Waals surface area contributed by atoms with Crippen LogP contribution in [0.15, 0.2) is 12.7 Å². The van der Waals surface area contributed by atoms with Gasteiger partial charge in [-0.15, -0.1) is 0 Å². The van der Waals surface area contributed by atoms with E-state index in [9.17, 15) is 0 Å². The molecule has 0 aromatic heterocycles. The van der Waals surface area contributed by atoms with E-state index in [2.05, 4.69) is 40.3 Å². The first kappa shape index (κ1) is 11.3. The Kier molecular flexibility index (Phi) is 5.15. The van der Waals surface area contributed by atoms with Crippen LogP contribution in [0.5, 0.6) is 0 Å². The molecule has 0 fully saturated rings. The molecule has 66 valence electrons. The van der Waals surface area contributed by atoms with E-state index in [0.717, 1.165) is 4.75 Å². The van der Waals surface area contributed by atoms with E-state index < -0.39 is 13.3 Å². The number of allylic oxidation sites excluding steroid dienone is 1. The van der Waals surface area contributed by atoms with Gasteiger partial charge in [-0.3, -0.25) is 0 Å². The second-order valence-corrected chi connectivity index (χ2v) is 15.5. The Balaban J connectivity index is 4.38. The average Bonchev–Trinajstić information content (AvgIpc) is 2.08. The molecule has 0 radical (unpaired) electrons. The Labute approximate surface area is 74.4 Å². The first-order valence-corrected chi connectivity index (χ1v) is 10.5. The Bertz CT molecular complexity index is 106. The topological polar surface area (TPSA) is 0 Å². The maximum absolute atomic E-state index is 3.92. The van der Waals surface area contributed by atoms with Crippen LogP contribution in [0.2, 0.25) is 20.5 Å². The van der Waals surface area contributed by atoms with Gasteiger partial charge in [-0.25, -0.2) is 0 Å². The van der Waals surface area contributed by atoms with Crippen LogP contribution in [-0.4, -0.2) is 13.3 Å². The summed E-state index contributed by atoms with van der Waals surface area (Å²) in [5.74, 6) is 0. The molecule has 0 heterocycles. The molecule has 0 aliphatic heterocycles. The number of hydrogen-bond acceptors (Lipinski definition) is 0. The summed E-state index contributed by atoms with van der Waals surface area (Å²) in [6.07, 6.45) is 2.18. The molecular weight excluding hydrogens is 193 g/mol. The molecular formula is C10H22Ge. The quantitative estimate of drug-likeness (QED) is 0.478. The maximum atomic E-state index is 3.92. The zero-order valence-corrected chi connectivity index (χ0v) is 10.6. The molecule has 0 bridgehead atoms. The van der Waals surface area contributed by atoms with Crippen LogP contribution >= 0.6 is 0 Å². The molecule has 0 N–H and O–H groups in total. The van der Waals surface area contributed by atoms with E-state index in [1.165, 1.54) is 15.8 Å². The second-order valence-electron chi connectivity index (χ2n) is 3.45. The molecule has 0 saturated carbocycles. The first-order chi connectivity index (χ1) is 5.16. The zero-order valence-electron chi connectivity index (χ0n) is 8.48. The third kappa shape index (κ3) is 2.36. The van der Waals surface area contributed by atoms with Crippen LogP contribution in [0.1, 0.15) is 27.7 Å². The molecule has 11 heavy (non-hydrogen) atoms. The van der Waals surface area contributed by atoms with Crippen molar-refractivity contribution in [3.8, 4) is 0 Å². The van der Waals surface area contributed by atoms with E-state index in [0.29, 0.717) is 0 Å². The molecule has 0 rings (SSSR count). The third-order valence-corrected chi connectivity index (χ3v) is 16.8. The molecule has 0 aliphatic rings. The fraction of sp³-hybridized carbons (Fsp3) is 0.800. The van der Waals surface area contributed by atoms with Crippen molar-refractivity contribution in [2.45, 2.75) is 48.2 Å². The van der Waals surface area contributed by atoms with Crippen molar-refractivity contribution >= 4 is 13.3 Å². The summed E-state index contributed by atoms with van der Waals surface area (Å²) < 4.78 is 0.843. The van der Waals surface area contributed by atoms with E-state index in [1.54, 1.807) is 0 Å². The van der Waals surface area contributed by atoms with Gasteiger partial charge in [-0.2, -0.15) is 0 Å². The van der Waals surface area contributed by atoms with Crippen molar-refractivity contribution in [2.24, 2.45) is 0 Å². The molecule has 0 saturated heterocycles. The summed E-state index contributed by atoms with van der Waals surface area (Å²) in [7, 11) is 0. The van der Waals surface area contributed by atoms with E-state index >= 15 is 0 Å². The molecule has 1 heteroatoms. The predicted molar refractivity (Wildman–Crippen MR) is 56.8 cm³/mol. The Morgan fingerprint density at radius 2 is 1.55 bits per heavy atom. The van der Waals surface area contributed by atoms with Crippen molar-refractivity contribution in [3.63, 3.8) is 0 Å². The first-order valence-electron chi connectivity index (χ1n) is 4.79. The van der Waals surface area contributed by atoms with Gasteiger partial charge in [0.2, 0.25) is 0 Å². The predicted octanol–water partition coefficient (Wildman–Crippen LogP) is 4.07. The van der Waals surface area contributed by atoms with Gasteiger partial charge >= 0.3 is 74.1 Å². The molecule has 0 spiro atoms. The Morgan fingerprint density at radius 1 is 1.18 bits per heavy atom. The van der Waals surface area contributed by atoms with Crippen LogP contribution in [0.25, 0.3) is 0 Å². The number of hydrogen-bond donors (Lipinski definition) is 0. The van der Waals surface area contributed by atoms with Crippen LogP contribution in [-0.2, 0) is 0 Å². The van der Waals surface area contributed by atoms with E-state index in [-0.39, 0.29) is 0 Å². The molecule has 0 aliphatic carbocycles. The van der Waals surface area contributed by atoms with Crippen molar-refractivity contribution in [1.82, 2.24) is 0 Å². The van der Waals surface area contributed by atoms with Gasteiger partial charge in [0.15, 0.2) is 0 Å². The van der Waals surface area contributed by atoms with Crippen LogP contribution in [0.4, 0.5) is 0 Å². The average molecular weight is 215 g/mol. The fourth-order valence-corrected chi connectivity index (χ4v) is 10.2. The van der Waals surface area contributed by atoms with Gasteiger partial charge in [0.1, 0.15) is 0 Å². The van der Waals surface area contributed by atoms with E-state index in [4.69, 9.17) is 0 Å². The van der Waals surface area contributed by atoms with Crippen LogP contribution < -0.4 is 0 Å². The second kappa shape index (κ2) is 5.02. The van der Waals surface area contributed by atoms with Crippen molar-refractivity contribution in [3.05, 3.63) is 12.7 Å². The van der Waals surface area contributed by atoms with Crippen molar-refractivity contribution in [2.75, 3.05) is 0 Å². The third-order valence-electron chi connectivity index (χ3n) is 3.43. The summed E-state index contributed by atoms with van der Waals surface area (Å²) in [6, 6.07) is 0. The SMILES string of the molecule is C=C[CH](C)[Ge]([CH2]C)([CH2]C)[CH2]C. The summed E-state index contributed by atoms with van der Waals surface area (Å²) >= 11 is -1.45. The van der Waals surface area contributed by atoms with E-state index in [1.807, 2.05) is 0 Å². The van der Waals surface area contributed by atoms with Crippen molar-refractivity contribution in [1.29, 1.82) is 0 Å². The summed E-state index contributed by atoms with van der Waals surface area (Å²) in [6.45, 7) is 13.4. The number of rotatable bonds is 5. The molecule has 1 unspecified atom stereocenters. The molecule has 0 nitrogen and oxygen atoms in total. The molecule has 1 atom stereocenters. The van der Waals surface area contributed by atoms with Gasteiger partial charge in [-0.05, 0) is 0 Å². The van der Waals surface area contributed by atoms with Gasteiger partial charge in [0.05, 0.1) is 0 Å². The van der Waals surface area contributed by atoms with Crippen molar-refractivity contribution < 1.29 is 0 Å². The van der Waals surface area contributed by atoms with Gasteiger partial charge in [0, 0.05) is 0 Å². The molecule has 0 aromatic rings. The molecule has 0 amide bonds. The minimum atomic E-state index is -1.45. The van der Waals surface area contributed by atoms with Gasteiger partial charge < -0.3 is 0 Å². The van der Waals surface area contributed by atoms with Gasteiger partial charge in [0.25, 0.3) is 0 Å². The zero-order chi connectivity index (χ0) is 8.91. The summed E-state index contributed by atoms with van der Waals surface area (Å²) in [4.78, 5) is 0. The van der Waals surface area contributed by atoms with Gasteiger partial charge in [-0.1, -0.05) is 0 Å². The fourth-order valence-electron chi connectivity index (χ4n) is 1.97. The minimum absolute atomic E-state index is 0.843. The standard InChI is InChI=1S/C10H22Ge/c1-6-10(5)11(7-2,8-3)9-4/h6,10H,1,7-9H2,2-5H3. The monoisotopic (exact) mass is 216 g/mol.